The second-order valence-corrected chi connectivity index (χ2v) is 6.04. The van der Waals surface area contributed by atoms with Crippen LogP contribution in [0.25, 0.3) is 0 Å². The zero-order valence-corrected chi connectivity index (χ0v) is 13.1. The predicted molar refractivity (Wildman–Crippen MR) is 81.6 cm³/mol. The summed E-state index contributed by atoms with van der Waals surface area (Å²) in [6.07, 6.45) is 1.39. The Morgan fingerprint density at radius 1 is 1.10 bits per heavy atom. The van der Waals surface area contributed by atoms with E-state index in [9.17, 15) is 0 Å². The van der Waals surface area contributed by atoms with Crippen LogP contribution < -0.4 is 10.1 Å². The molecule has 0 radical (unpaired) electrons. The van der Waals surface area contributed by atoms with Crippen LogP contribution >= 0.6 is 0 Å². The number of rotatable bonds is 6. The van der Waals surface area contributed by atoms with Crippen LogP contribution in [0.2, 0.25) is 0 Å². The van der Waals surface area contributed by atoms with Crippen molar-refractivity contribution in [1.29, 1.82) is 0 Å². The zero-order chi connectivity index (χ0) is 15.3. The number of benzene rings is 1. The van der Waals surface area contributed by atoms with Gasteiger partial charge in [0.25, 0.3) is 0 Å². The normalized spacial score (nSPS) is 11.6. The molecule has 0 saturated carbocycles. The van der Waals surface area contributed by atoms with Gasteiger partial charge in [0, 0.05) is 18.5 Å². The maximum atomic E-state index is 5.67. The molecule has 0 fully saturated rings. The number of nitrogens with one attached hydrogen (secondary N) is 1. The standard InChI is InChI=1S/C16H23N3O2/c1-16(2,3)17-10-9-14-18-19-15(21-14)11-12-5-7-13(20-4)8-6-12/h5-8,17H,9-11H2,1-4H3. The van der Waals surface area contributed by atoms with Gasteiger partial charge < -0.3 is 14.5 Å². The average Bonchev–Trinajstić information content (AvgIpc) is 2.86. The van der Waals surface area contributed by atoms with Crippen molar-refractivity contribution in [2.75, 3.05) is 13.7 Å². The first-order valence-electron chi connectivity index (χ1n) is 7.15. The molecule has 114 valence electrons. The van der Waals surface area contributed by atoms with Gasteiger partial charge in [0.1, 0.15) is 5.75 Å². The van der Waals surface area contributed by atoms with Gasteiger partial charge in [0.15, 0.2) is 0 Å². The Bertz CT molecular complexity index is 556. The Morgan fingerprint density at radius 2 is 1.76 bits per heavy atom. The summed E-state index contributed by atoms with van der Waals surface area (Å²) in [5, 5.41) is 11.6. The van der Waals surface area contributed by atoms with Crippen molar-refractivity contribution < 1.29 is 9.15 Å². The van der Waals surface area contributed by atoms with Crippen LogP contribution in [0.5, 0.6) is 5.75 Å². The van der Waals surface area contributed by atoms with Crippen molar-refractivity contribution in [2.45, 2.75) is 39.2 Å². The summed E-state index contributed by atoms with van der Waals surface area (Å²) < 4.78 is 10.8. The van der Waals surface area contributed by atoms with E-state index >= 15 is 0 Å². The highest BCUT2D eigenvalue weighted by molar-refractivity contribution is 5.28. The van der Waals surface area contributed by atoms with Crippen LogP contribution in [0.1, 0.15) is 38.1 Å². The third-order valence-electron chi connectivity index (χ3n) is 3.02. The van der Waals surface area contributed by atoms with E-state index in [0.717, 1.165) is 24.3 Å². The summed E-state index contributed by atoms with van der Waals surface area (Å²) in [5.41, 5.74) is 1.23. The topological polar surface area (TPSA) is 60.2 Å². The largest absolute Gasteiger partial charge is 0.497 e. The molecule has 0 unspecified atom stereocenters. The highest BCUT2D eigenvalue weighted by atomic mass is 16.5. The van der Waals surface area contributed by atoms with E-state index in [-0.39, 0.29) is 5.54 Å². The molecule has 0 aliphatic rings. The third kappa shape index (κ3) is 5.19. The molecule has 1 N–H and O–H groups in total. The van der Waals surface area contributed by atoms with E-state index in [4.69, 9.17) is 9.15 Å². The SMILES string of the molecule is COc1ccc(Cc2nnc(CCNC(C)(C)C)o2)cc1. The Balaban J connectivity index is 1.87. The van der Waals surface area contributed by atoms with Gasteiger partial charge in [0.2, 0.25) is 11.8 Å². The molecule has 1 aromatic carbocycles. The van der Waals surface area contributed by atoms with E-state index in [0.29, 0.717) is 18.2 Å². The minimum absolute atomic E-state index is 0.103. The fraction of sp³-hybridized carbons (Fsp3) is 0.500. The lowest BCUT2D eigenvalue weighted by atomic mass is 10.1. The van der Waals surface area contributed by atoms with Gasteiger partial charge in [-0.3, -0.25) is 0 Å². The van der Waals surface area contributed by atoms with E-state index in [2.05, 4.69) is 36.3 Å². The minimum atomic E-state index is 0.103. The third-order valence-corrected chi connectivity index (χ3v) is 3.02. The second-order valence-electron chi connectivity index (χ2n) is 6.04. The van der Waals surface area contributed by atoms with Gasteiger partial charge in [0.05, 0.1) is 13.5 Å². The number of nitrogens with zero attached hydrogens (tertiary/aromatic N) is 2. The van der Waals surface area contributed by atoms with Crippen molar-refractivity contribution in [3.05, 3.63) is 41.6 Å². The first-order chi connectivity index (χ1) is 9.96. The number of ether oxygens (including phenoxy) is 1. The summed E-state index contributed by atoms with van der Waals surface area (Å²) in [6, 6.07) is 7.87. The zero-order valence-electron chi connectivity index (χ0n) is 13.1. The maximum absolute atomic E-state index is 5.67. The van der Waals surface area contributed by atoms with Crippen LogP contribution in [-0.4, -0.2) is 29.4 Å². The van der Waals surface area contributed by atoms with Crippen molar-refractivity contribution in [1.82, 2.24) is 15.5 Å². The second kappa shape index (κ2) is 6.72. The van der Waals surface area contributed by atoms with Gasteiger partial charge in [-0.1, -0.05) is 12.1 Å². The summed E-state index contributed by atoms with van der Waals surface area (Å²) >= 11 is 0. The molecule has 0 aliphatic heterocycles. The fourth-order valence-corrected chi connectivity index (χ4v) is 1.92. The van der Waals surface area contributed by atoms with E-state index in [1.54, 1.807) is 7.11 Å². The average molecular weight is 289 g/mol. The van der Waals surface area contributed by atoms with Crippen molar-refractivity contribution in [3.8, 4) is 5.75 Å². The lowest BCUT2D eigenvalue weighted by molar-refractivity contribution is 0.403. The summed E-state index contributed by atoms with van der Waals surface area (Å²) in [7, 11) is 1.66. The lowest BCUT2D eigenvalue weighted by Gasteiger charge is -2.19. The van der Waals surface area contributed by atoms with Crippen LogP contribution in [-0.2, 0) is 12.8 Å². The van der Waals surface area contributed by atoms with E-state index in [1.165, 1.54) is 0 Å². The summed E-state index contributed by atoms with van der Waals surface area (Å²) in [6.45, 7) is 7.23. The first-order valence-corrected chi connectivity index (χ1v) is 7.15. The van der Waals surface area contributed by atoms with Crippen molar-refractivity contribution >= 4 is 0 Å². The molecule has 0 amide bonds. The highest BCUT2D eigenvalue weighted by Crippen LogP contribution is 2.14. The van der Waals surface area contributed by atoms with Gasteiger partial charge in [-0.05, 0) is 38.5 Å². The van der Waals surface area contributed by atoms with Gasteiger partial charge in [-0.2, -0.15) is 0 Å². The first kappa shape index (κ1) is 15.5. The highest BCUT2D eigenvalue weighted by Gasteiger charge is 2.11. The minimum Gasteiger partial charge on any atom is -0.497 e. The Hall–Kier alpha value is -1.88. The molecule has 0 saturated heterocycles. The van der Waals surface area contributed by atoms with E-state index in [1.807, 2.05) is 24.3 Å². The molecular weight excluding hydrogens is 266 g/mol. The van der Waals surface area contributed by atoms with Crippen LogP contribution in [0, 0.1) is 0 Å². The quantitative estimate of drug-likeness (QED) is 0.885. The molecule has 2 aromatic rings. The van der Waals surface area contributed by atoms with Gasteiger partial charge >= 0.3 is 0 Å². The molecule has 0 spiro atoms. The smallest absolute Gasteiger partial charge is 0.220 e. The van der Waals surface area contributed by atoms with Gasteiger partial charge in [-0.25, -0.2) is 0 Å². The summed E-state index contributed by atoms with van der Waals surface area (Å²) in [4.78, 5) is 0. The monoisotopic (exact) mass is 289 g/mol. The van der Waals surface area contributed by atoms with Crippen LogP contribution in [0.4, 0.5) is 0 Å². The van der Waals surface area contributed by atoms with Gasteiger partial charge in [-0.15, -0.1) is 10.2 Å². The number of hydrogen-bond donors (Lipinski definition) is 1. The molecule has 0 atom stereocenters. The Labute approximate surface area is 125 Å². The number of methoxy groups -OCH3 is 1. The van der Waals surface area contributed by atoms with Crippen LogP contribution in [0.3, 0.4) is 0 Å². The Morgan fingerprint density at radius 3 is 2.38 bits per heavy atom. The molecule has 5 heteroatoms. The maximum Gasteiger partial charge on any atom is 0.220 e. The predicted octanol–water partition coefficient (Wildman–Crippen LogP) is 2.60. The molecule has 2 rings (SSSR count). The van der Waals surface area contributed by atoms with Crippen molar-refractivity contribution in [3.63, 3.8) is 0 Å². The molecule has 5 nitrogen and oxygen atoms in total. The molecule has 1 aromatic heterocycles. The molecule has 0 bridgehead atoms. The van der Waals surface area contributed by atoms with E-state index < -0.39 is 0 Å². The Kier molecular flexibility index (Phi) is 4.96. The summed E-state index contributed by atoms with van der Waals surface area (Å²) in [5.74, 6) is 2.17. The number of aromatic nitrogens is 2. The number of hydrogen-bond acceptors (Lipinski definition) is 5. The molecule has 1 heterocycles. The lowest BCUT2D eigenvalue weighted by Crippen LogP contribution is -2.37. The molecular formula is C16H23N3O2. The fourth-order valence-electron chi connectivity index (χ4n) is 1.92. The van der Waals surface area contributed by atoms with Crippen LogP contribution in [0.15, 0.2) is 28.7 Å². The van der Waals surface area contributed by atoms with Crippen molar-refractivity contribution in [2.24, 2.45) is 0 Å². The molecule has 0 aliphatic carbocycles. The molecule has 21 heavy (non-hydrogen) atoms.